The van der Waals surface area contributed by atoms with Gasteiger partial charge in [0, 0.05) is 0 Å². The van der Waals surface area contributed by atoms with Crippen molar-refractivity contribution in [3.63, 3.8) is 0 Å². The minimum atomic E-state index is -0.845. The van der Waals surface area contributed by atoms with E-state index in [4.69, 9.17) is 0 Å². The van der Waals surface area contributed by atoms with Crippen LogP contribution < -0.4 is 0 Å². The quantitative estimate of drug-likeness (QED) is 0.399. The number of aliphatic hydroxyl groups is 4. The Balaban J connectivity index is 1.62. The Labute approximate surface area is 207 Å². The summed E-state index contributed by atoms with van der Waals surface area (Å²) in [6, 6.07) is 0. The van der Waals surface area contributed by atoms with Gasteiger partial charge in [0.1, 0.15) is 0 Å². The Kier molecular flexibility index (Phi) is 5.44. The van der Waals surface area contributed by atoms with Crippen LogP contribution in [0.4, 0.5) is 0 Å². The fraction of sp³-hybridized carbons (Fsp3) is 0.933. The van der Waals surface area contributed by atoms with E-state index in [2.05, 4.69) is 54.5 Å². The average molecular weight is 475 g/mol. The van der Waals surface area contributed by atoms with Gasteiger partial charge >= 0.3 is 0 Å². The van der Waals surface area contributed by atoms with E-state index < -0.39 is 17.6 Å². The van der Waals surface area contributed by atoms with Gasteiger partial charge in [0.2, 0.25) is 0 Å². The molecular formula is C30H50O4. The van der Waals surface area contributed by atoms with Gasteiger partial charge in [-0.15, -0.1) is 0 Å². The summed E-state index contributed by atoms with van der Waals surface area (Å²) >= 11 is 0. The smallest absolute Gasteiger partial charge is 0.0657 e. The Morgan fingerprint density at radius 3 is 2.09 bits per heavy atom. The van der Waals surface area contributed by atoms with Crippen LogP contribution in [0.3, 0.4) is 0 Å². The summed E-state index contributed by atoms with van der Waals surface area (Å²) in [5.74, 6) is 1.02. The molecule has 0 aromatic rings. The molecule has 0 aliphatic heterocycles. The summed E-state index contributed by atoms with van der Waals surface area (Å²) in [5, 5.41) is 44.6. The highest BCUT2D eigenvalue weighted by atomic mass is 16.3. The van der Waals surface area contributed by atoms with Gasteiger partial charge in [-0.05, 0) is 96.2 Å². The van der Waals surface area contributed by atoms with Crippen molar-refractivity contribution in [1.82, 2.24) is 0 Å². The Bertz CT molecular complexity index is 877. The predicted octanol–water partition coefficient (Wildman–Crippen LogP) is 5.08. The minimum absolute atomic E-state index is 0.0120. The first-order valence-electron chi connectivity index (χ1n) is 14.0. The molecule has 34 heavy (non-hydrogen) atoms. The van der Waals surface area contributed by atoms with Gasteiger partial charge in [0.25, 0.3) is 0 Å². The van der Waals surface area contributed by atoms with E-state index in [1.54, 1.807) is 0 Å². The largest absolute Gasteiger partial charge is 0.396 e. The highest BCUT2D eigenvalue weighted by molar-refractivity contribution is 5.35. The lowest BCUT2D eigenvalue weighted by atomic mass is 9.33. The van der Waals surface area contributed by atoms with Gasteiger partial charge in [-0.3, -0.25) is 0 Å². The second kappa shape index (κ2) is 7.33. The molecule has 0 bridgehead atoms. The van der Waals surface area contributed by atoms with Crippen molar-refractivity contribution >= 4 is 0 Å². The second-order valence-corrected chi connectivity index (χ2v) is 15.3. The van der Waals surface area contributed by atoms with Crippen LogP contribution >= 0.6 is 0 Å². The maximum Gasteiger partial charge on any atom is 0.0657 e. The number of allylic oxidation sites excluding steroid dienone is 2. The number of hydrogen-bond acceptors (Lipinski definition) is 4. The Hall–Kier alpha value is -0.420. The first-order chi connectivity index (χ1) is 15.6. The molecule has 0 heterocycles. The molecule has 5 aliphatic rings. The SMILES string of the molecule is CC1(C)CC(O)C2(CO)C(O)CC3(C)C(=CCC4C5(C)CCC(O)C(C)(C)C5CCC43C)C2C1. The fourth-order valence-corrected chi connectivity index (χ4v) is 10.9. The lowest BCUT2D eigenvalue weighted by Gasteiger charge is -2.72. The molecule has 4 N–H and O–H groups in total. The van der Waals surface area contributed by atoms with Gasteiger partial charge in [-0.1, -0.05) is 60.1 Å². The van der Waals surface area contributed by atoms with Crippen LogP contribution in [0.15, 0.2) is 11.6 Å². The number of aliphatic hydroxyl groups excluding tert-OH is 4. The van der Waals surface area contributed by atoms with Gasteiger partial charge in [0.05, 0.1) is 30.3 Å². The van der Waals surface area contributed by atoms with E-state index in [9.17, 15) is 20.4 Å². The molecule has 4 nitrogen and oxygen atoms in total. The third-order valence-corrected chi connectivity index (χ3v) is 13.1. The zero-order chi connectivity index (χ0) is 25.1. The normalized spacial score (nSPS) is 55.8. The van der Waals surface area contributed by atoms with Crippen LogP contribution in [-0.2, 0) is 0 Å². The molecular weight excluding hydrogens is 424 g/mol. The van der Waals surface area contributed by atoms with E-state index >= 15 is 0 Å². The van der Waals surface area contributed by atoms with Crippen molar-refractivity contribution in [2.75, 3.05) is 6.61 Å². The molecule has 0 aromatic heterocycles. The molecule has 0 amide bonds. The van der Waals surface area contributed by atoms with E-state index in [0.717, 1.165) is 38.5 Å². The summed E-state index contributed by atoms with van der Waals surface area (Å²) in [6.07, 6.45) is 8.23. The van der Waals surface area contributed by atoms with E-state index in [-0.39, 0.29) is 45.7 Å². The van der Waals surface area contributed by atoms with Crippen molar-refractivity contribution in [2.24, 2.45) is 50.2 Å². The molecule has 4 heteroatoms. The van der Waals surface area contributed by atoms with Gasteiger partial charge in [-0.2, -0.15) is 0 Å². The molecule has 5 aliphatic carbocycles. The predicted molar refractivity (Wildman–Crippen MR) is 135 cm³/mol. The van der Waals surface area contributed by atoms with Crippen LogP contribution in [0, 0.1) is 50.2 Å². The topological polar surface area (TPSA) is 80.9 Å². The zero-order valence-corrected chi connectivity index (χ0v) is 22.7. The average Bonchev–Trinajstić information content (AvgIpc) is 2.71. The van der Waals surface area contributed by atoms with E-state index in [0.29, 0.717) is 24.7 Å². The van der Waals surface area contributed by atoms with Crippen molar-refractivity contribution in [3.8, 4) is 0 Å². The molecule has 4 fully saturated rings. The van der Waals surface area contributed by atoms with Crippen LogP contribution in [0.5, 0.6) is 0 Å². The van der Waals surface area contributed by atoms with Crippen molar-refractivity contribution in [2.45, 2.75) is 118 Å². The Morgan fingerprint density at radius 1 is 0.794 bits per heavy atom. The summed E-state index contributed by atoms with van der Waals surface area (Å²) in [7, 11) is 0. The molecule has 194 valence electrons. The highest BCUT2D eigenvalue weighted by Crippen LogP contribution is 2.75. The molecule has 4 saturated carbocycles. The molecule has 0 saturated heterocycles. The van der Waals surface area contributed by atoms with Crippen LogP contribution in [0.1, 0.15) is 99.8 Å². The fourth-order valence-electron chi connectivity index (χ4n) is 10.9. The monoisotopic (exact) mass is 474 g/mol. The molecule has 10 unspecified atom stereocenters. The van der Waals surface area contributed by atoms with E-state index in [1.807, 2.05) is 0 Å². The minimum Gasteiger partial charge on any atom is -0.396 e. The van der Waals surface area contributed by atoms with Crippen LogP contribution in [-0.4, -0.2) is 45.3 Å². The first-order valence-corrected chi connectivity index (χ1v) is 14.0. The van der Waals surface area contributed by atoms with E-state index in [1.165, 1.54) is 5.57 Å². The molecule has 0 aromatic carbocycles. The van der Waals surface area contributed by atoms with Crippen molar-refractivity contribution in [3.05, 3.63) is 11.6 Å². The number of fused-ring (bicyclic) bond motifs is 7. The molecule has 0 spiro atoms. The Morgan fingerprint density at radius 2 is 1.44 bits per heavy atom. The molecule has 0 radical (unpaired) electrons. The second-order valence-electron chi connectivity index (χ2n) is 15.3. The highest BCUT2D eigenvalue weighted by Gasteiger charge is 2.70. The van der Waals surface area contributed by atoms with Gasteiger partial charge in [0.15, 0.2) is 0 Å². The summed E-state index contributed by atoms with van der Waals surface area (Å²) < 4.78 is 0. The van der Waals surface area contributed by atoms with Gasteiger partial charge in [-0.25, -0.2) is 0 Å². The first kappa shape index (κ1) is 25.2. The maximum atomic E-state index is 11.7. The van der Waals surface area contributed by atoms with Crippen molar-refractivity contribution < 1.29 is 20.4 Å². The zero-order valence-electron chi connectivity index (χ0n) is 22.7. The number of hydrogen-bond donors (Lipinski definition) is 4. The lowest BCUT2D eigenvalue weighted by Crippen LogP contribution is -2.69. The summed E-state index contributed by atoms with van der Waals surface area (Å²) in [6.45, 7) is 16.2. The van der Waals surface area contributed by atoms with Crippen LogP contribution in [0.2, 0.25) is 0 Å². The molecule has 5 rings (SSSR count). The molecule has 10 atom stereocenters. The van der Waals surface area contributed by atoms with Crippen molar-refractivity contribution in [1.29, 1.82) is 0 Å². The van der Waals surface area contributed by atoms with Crippen LogP contribution in [0.25, 0.3) is 0 Å². The lowest BCUT2D eigenvalue weighted by molar-refractivity contribution is -0.235. The standard InChI is InChI=1S/C30H50O4/c1-25(2)14-19-18-8-9-21-27(5)12-11-22(32)26(3,4)20(27)10-13-28(21,6)29(18,7)16-24(34)30(19,17-31)23(33)15-25/h8,19-24,31-34H,9-17H2,1-7H3. The third-order valence-electron chi connectivity index (χ3n) is 13.1. The summed E-state index contributed by atoms with van der Waals surface area (Å²) in [4.78, 5) is 0. The summed E-state index contributed by atoms with van der Waals surface area (Å²) in [5.41, 5.74) is 0.539. The third kappa shape index (κ3) is 2.86. The maximum absolute atomic E-state index is 11.7. The van der Waals surface area contributed by atoms with Gasteiger partial charge < -0.3 is 20.4 Å². The number of rotatable bonds is 1.